The summed E-state index contributed by atoms with van der Waals surface area (Å²) in [7, 11) is 1.48. The maximum Gasteiger partial charge on any atom is 0.271 e. The smallest absolute Gasteiger partial charge is 0.271 e. The van der Waals surface area contributed by atoms with E-state index < -0.39 is 11.5 Å². The van der Waals surface area contributed by atoms with Gasteiger partial charge in [-0.15, -0.1) is 0 Å². The lowest BCUT2D eigenvalue weighted by atomic mass is 9.88. The highest BCUT2D eigenvalue weighted by Crippen LogP contribution is 2.18. The van der Waals surface area contributed by atoms with E-state index in [1.807, 2.05) is 13.8 Å². The Kier molecular flexibility index (Phi) is 4.83. The fourth-order valence-corrected chi connectivity index (χ4v) is 1.59. The van der Waals surface area contributed by atoms with Gasteiger partial charge in [0.25, 0.3) is 11.5 Å². The number of nitrogens with zero attached hydrogens (tertiary/aromatic N) is 2. The first-order valence-corrected chi connectivity index (χ1v) is 6.33. The third-order valence-corrected chi connectivity index (χ3v) is 3.47. The van der Waals surface area contributed by atoms with Crippen molar-refractivity contribution in [2.75, 3.05) is 6.54 Å². The minimum atomic E-state index is -0.967. The molecule has 0 radical (unpaired) electrons. The van der Waals surface area contributed by atoms with E-state index in [-0.39, 0.29) is 23.7 Å². The fraction of sp³-hybridized carbons (Fsp3) is 0.615. The Morgan fingerprint density at radius 2 is 2.21 bits per heavy atom. The number of amides is 1. The Hall–Kier alpha value is -1.69. The molecule has 0 spiro atoms. The summed E-state index contributed by atoms with van der Waals surface area (Å²) in [6.45, 7) is 5.74. The van der Waals surface area contributed by atoms with Gasteiger partial charge in [0.1, 0.15) is 5.69 Å². The maximum absolute atomic E-state index is 11.9. The monoisotopic (exact) mass is 267 g/mol. The topological polar surface area (TPSA) is 84.2 Å². The highest BCUT2D eigenvalue weighted by atomic mass is 16.3. The Labute approximate surface area is 112 Å². The minimum Gasteiger partial charge on any atom is -0.388 e. The lowest BCUT2D eigenvalue weighted by Crippen LogP contribution is -2.45. The summed E-state index contributed by atoms with van der Waals surface area (Å²) in [5.41, 5.74) is -1.09. The molecule has 1 heterocycles. The maximum atomic E-state index is 11.9. The van der Waals surface area contributed by atoms with Crippen molar-refractivity contribution in [3.05, 3.63) is 28.2 Å². The van der Waals surface area contributed by atoms with Crippen LogP contribution in [0.5, 0.6) is 0 Å². The van der Waals surface area contributed by atoms with Gasteiger partial charge >= 0.3 is 0 Å². The molecule has 6 nitrogen and oxygen atoms in total. The van der Waals surface area contributed by atoms with Crippen LogP contribution in [0, 0.1) is 5.92 Å². The minimum absolute atomic E-state index is 0.0703. The zero-order valence-corrected chi connectivity index (χ0v) is 11.8. The molecule has 0 aromatic carbocycles. The van der Waals surface area contributed by atoms with E-state index in [1.165, 1.54) is 19.2 Å². The van der Waals surface area contributed by atoms with Crippen LogP contribution in [0.4, 0.5) is 0 Å². The number of hydrogen-bond donors (Lipinski definition) is 2. The summed E-state index contributed by atoms with van der Waals surface area (Å²) >= 11 is 0. The molecular formula is C13H21N3O3. The van der Waals surface area contributed by atoms with Crippen LogP contribution < -0.4 is 10.9 Å². The molecule has 0 saturated heterocycles. The first kappa shape index (κ1) is 15.4. The van der Waals surface area contributed by atoms with Crippen molar-refractivity contribution in [2.45, 2.75) is 32.8 Å². The third-order valence-electron chi connectivity index (χ3n) is 3.47. The average molecular weight is 267 g/mol. The van der Waals surface area contributed by atoms with Gasteiger partial charge in [-0.3, -0.25) is 9.59 Å². The van der Waals surface area contributed by atoms with Crippen LogP contribution in [-0.4, -0.2) is 32.9 Å². The van der Waals surface area contributed by atoms with Crippen molar-refractivity contribution in [3.8, 4) is 0 Å². The van der Waals surface area contributed by atoms with Crippen molar-refractivity contribution in [3.63, 3.8) is 0 Å². The molecule has 0 fully saturated rings. The molecule has 6 heteroatoms. The van der Waals surface area contributed by atoms with Gasteiger partial charge in [0, 0.05) is 19.7 Å². The van der Waals surface area contributed by atoms with E-state index >= 15 is 0 Å². The predicted octanol–water partition coefficient (Wildman–Crippen LogP) is 0.307. The van der Waals surface area contributed by atoms with Gasteiger partial charge in [-0.1, -0.05) is 20.3 Å². The van der Waals surface area contributed by atoms with Gasteiger partial charge in [-0.2, -0.15) is 5.10 Å². The number of carbonyl (C=O) groups is 1. The summed E-state index contributed by atoms with van der Waals surface area (Å²) in [5.74, 6) is -0.333. The molecule has 2 unspecified atom stereocenters. The largest absolute Gasteiger partial charge is 0.388 e. The van der Waals surface area contributed by atoms with Gasteiger partial charge in [0.15, 0.2) is 0 Å². The number of hydrogen-bond acceptors (Lipinski definition) is 4. The summed E-state index contributed by atoms with van der Waals surface area (Å²) in [5, 5.41) is 16.7. The normalized spacial score (nSPS) is 15.6. The number of aliphatic hydroxyl groups is 1. The van der Waals surface area contributed by atoms with Gasteiger partial charge in [0.2, 0.25) is 0 Å². The molecule has 19 heavy (non-hydrogen) atoms. The van der Waals surface area contributed by atoms with Crippen molar-refractivity contribution in [1.82, 2.24) is 15.1 Å². The number of carbonyl (C=O) groups excluding carboxylic acids is 1. The second kappa shape index (κ2) is 5.97. The third kappa shape index (κ3) is 3.89. The molecule has 106 valence electrons. The van der Waals surface area contributed by atoms with E-state index in [0.29, 0.717) is 0 Å². The van der Waals surface area contributed by atoms with Crippen LogP contribution in [0.15, 0.2) is 16.9 Å². The van der Waals surface area contributed by atoms with Gasteiger partial charge in [-0.25, -0.2) is 4.68 Å². The molecule has 0 bridgehead atoms. The van der Waals surface area contributed by atoms with Crippen LogP contribution in [0.2, 0.25) is 0 Å². The van der Waals surface area contributed by atoms with Crippen molar-refractivity contribution >= 4 is 5.91 Å². The Bertz CT molecular complexity index is 508. The molecule has 2 N–H and O–H groups in total. The zero-order chi connectivity index (χ0) is 14.6. The van der Waals surface area contributed by atoms with Crippen LogP contribution in [0.1, 0.15) is 37.7 Å². The van der Waals surface area contributed by atoms with Crippen molar-refractivity contribution in [1.29, 1.82) is 0 Å². The number of aromatic nitrogens is 2. The second-order valence-electron chi connectivity index (χ2n) is 5.03. The summed E-state index contributed by atoms with van der Waals surface area (Å²) in [6.07, 6.45) is 0.820. The molecule has 2 atom stereocenters. The Balaban J connectivity index is 2.70. The zero-order valence-electron chi connectivity index (χ0n) is 11.8. The standard InChI is InChI=1S/C13H21N3O3/c1-5-9(2)13(3,19)8-14-12(18)10-6-7-11(17)16(4)15-10/h6-7,9,19H,5,8H2,1-4H3,(H,14,18). The summed E-state index contributed by atoms with van der Waals surface area (Å²) < 4.78 is 1.10. The molecule has 1 amide bonds. The Morgan fingerprint density at radius 3 is 2.74 bits per heavy atom. The molecule has 1 aromatic heterocycles. The van der Waals surface area contributed by atoms with E-state index in [9.17, 15) is 14.7 Å². The lowest BCUT2D eigenvalue weighted by molar-refractivity contribution is 0.00586. The quantitative estimate of drug-likeness (QED) is 0.804. The molecule has 0 aliphatic rings. The second-order valence-corrected chi connectivity index (χ2v) is 5.03. The first-order valence-electron chi connectivity index (χ1n) is 6.33. The number of rotatable bonds is 5. The van der Waals surface area contributed by atoms with Crippen molar-refractivity contribution in [2.24, 2.45) is 13.0 Å². The predicted molar refractivity (Wildman–Crippen MR) is 71.9 cm³/mol. The SMILES string of the molecule is CCC(C)C(C)(O)CNC(=O)c1ccc(=O)n(C)n1. The molecule has 1 aromatic rings. The Morgan fingerprint density at radius 1 is 1.58 bits per heavy atom. The van der Waals surface area contributed by atoms with Gasteiger partial charge < -0.3 is 10.4 Å². The van der Waals surface area contributed by atoms with Crippen LogP contribution >= 0.6 is 0 Å². The molecule has 0 saturated carbocycles. The van der Waals surface area contributed by atoms with Crippen LogP contribution in [0.3, 0.4) is 0 Å². The van der Waals surface area contributed by atoms with E-state index in [2.05, 4.69) is 10.4 Å². The highest BCUT2D eigenvalue weighted by Gasteiger charge is 2.27. The summed E-state index contributed by atoms with van der Waals surface area (Å²) in [4.78, 5) is 23.0. The van der Waals surface area contributed by atoms with E-state index in [0.717, 1.165) is 11.1 Å². The number of nitrogens with one attached hydrogen (secondary N) is 1. The molecule has 0 aliphatic carbocycles. The molecular weight excluding hydrogens is 246 g/mol. The fourth-order valence-electron chi connectivity index (χ4n) is 1.59. The van der Waals surface area contributed by atoms with Crippen LogP contribution in [0.25, 0.3) is 0 Å². The molecule has 1 rings (SSSR count). The van der Waals surface area contributed by atoms with Crippen molar-refractivity contribution < 1.29 is 9.90 Å². The lowest BCUT2D eigenvalue weighted by Gasteiger charge is -2.29. The van der Waals surface area contributed by atoms with Gasteiger partial charge in [0.05, 0.1) is 5.60 Å². The number of aryl methyl sites for hydroxylation is 1. The van der Waals surface area contributed by atoms with Gasteiger partial charge in [-0.05, 0) is 18.9 Å². The summed E-state index contributed by atoms with van der Waals surface area (Å²) in [6, 6.07) is 2.66. The first-order chi connectivity index (χ1) is 8.77. The van der Waals surface area contributed by atoms with E-state index in [4.69, 9.17) is 0 Å². The molecule has 0 aliphatic heterocycles. The average Bonchev–Trinajstić information content (AvgIpc) is 2.38. The van der Waals surface area contributed by atoms with Crippen LogP contribution in [-0.2, 0) is 7.05 Å². The van der Waals surface area contributed by atoms with E-state index in [1.54, 1.807) is 6.92 Å². The highest BCUT2D eigenvalue weighted by molar-refractivity contribution is 5.92.